The van der Waals surface area contributed by atoms with Crippen molar-refractivity contribution < 1.29 is 21.8 Å². The Bertz CT molecular complexity index is 638. The zero-order chi connectivity index (χ0) is 14.7. The van der Waals surface area contributed by atoms with Crippen molar-refractivity contribution >= 4 is 46.4 Å². The maximum atomic E-state index is 12.0. The lowest BCUT2D eigenvalue weighted by atomic mass is 10.3. The highest BCUT2D eigenvalue weighted by atomic mass is 35.5. The van der Waals surface area contributed by atoms with Gasteiger partial charge >= 0.3 is 0 Å². The molecule has 0 saturated carbocycles. The van der Waals surface area contributed by atoms with Gasteiger partial charge in [0, 0.05) is 16.7 Å². The van der Waals surface area contributed by atoms with Crippen molar-refractivity contribution in [2.45, 2.75) is 13.5 Å². The molecule has 1 N–H and O–H groups in total. The number of halogens is 4. The lowest BCUT2D eigenvalue weighted by molar-refractivity contribution is -0.684. The third-order valence-corrected chi connectivity index (χ3v) is 3.42. The molecule has 0 aliphatic rings. The monoisotopic (exact) mass is 364 g/mol. The van der Waals surface area contributed by atoms with Crippen molar-refractivity contribution in [1.82, 2.24) is 0 Å². The highest BCUT2D eigenvalue weighted by Gasteiger charge is 2.14. The lowest BCUT2D eigenvalue weighted by Gasteiger charge is -2.08. The second-order valence-electron chi connectivity index (χ2n) is 4.35. The molecule has 0 unspecified atom stereocenters. The number of anilines is 1. The van der Waals surface area contributed by atoms with Crippen LogP contribution in [0.3, 0.4) is 0 Å². The molecule has 0 radical (unpaired) electrons. The zero-order valence-electron chi connectivity index (χ0n) is 11.0. The third kappa shape index (κ3) is 5.04. The molecule has 1 amide bonds. The number of nitrogens with zero attached hydrogens (tertiary/aromatic N) is 1. The highest BCUT2D eigenvalue weighted by Crippen LogP contribution is 2.33. The smallest absolute Gasteiger partial charge is 0.290 e. The van der Waals surface area contributed by atoms with Crippen molar-refractivity contribution in [3.63, 3.8) is 0 Å². The van der Waals surface area contributed by atoms with Gasteiger partial charge in [0.2, 0.25) is 6.54 Å². The number of hydrogen-bond donors (Lipinski definition) is 1. The number of pyridine rings is 1. The number of aromatic nitrogens is 1. The van der Waals surface area contributed by atoms with E-state index in [2.05, 4.69) is 5.32 Å². The molecule has 21 heavy (non-hydrogen) atoms. The first kappa shape index (κ1) is 18.1. The lowest BCUT2D eigenvalue weighted by Crippen LogP contribution is -3.00. The summed E-state index contributed by atoms with van der Waals surface area (Å²) in [6, 6.07) is 6.90. The minimum atomic E-state index is -0.216. The third-order valence-electron chi connectivity index (χ3n) is 2.60. The van der Waals surface area contributed by atoms with Gasteiger partial charge in [0.05, 0.1) is 15.7 Å². The van der Waals surface area contributed by atoms with Crippen LogP contribution in [-0.2, 0) is 11.3 Å². The number of hydrogen-bond acceptors (Lipinski definition) is 1. The summed E-state index contributed by atoms with van der Waals surface area (Å²) < 4.78 is 1.78. The molecule has 0 bridgehead atoms. The van der Waals surface area contributed by atoms with Gasteiger partial charge < -0.3 is 17.7 Å². The van der Waals surface area contributed by atoms with E-state index in [0.717, 1.165) is 5.56 Å². The number of carbonyl (C=O) groups is 1. The number of nitrogens with one attached hydrogen (secondary N) is 1. The summed E-state index contributed by atoms with van der Waals surface area (Å²) in [5.74, 6) is -0.216. The molecule has 1 aromatic heterocycles. The summed E-state index contributed by atoms with van der Waals surface area (Å²) in [6.45, 7) is 2.14. The summed E-state index contributed by atoms with van der Waals surface area (Å²) in [5.41, 5.74) is 1.44. The van der Waals surface area contributed by atoms with Crippen LogP contribution in [0.5, 0.6) is 0 Å². The van der Waals surface area contributed by atoms with Gasteiger partial charge in [-0.1, -0.05) is 34.8 Å². The predicted molar refractivity (Wildman–Crippen MR) is 81.5 cm³/mol. The minimum absolute atomic E-state index is 0. The number of amides is 1. The van der Waals surface area contributed by atoms with E-state index in [1.54, 1.807) is 4.57 Å². The molecule has 0 spiro atoms. The highest BCUT2D eigenvalue weighted by molar-refractivity contribution is 6.42. The average Bonchev–Trinajstić information content (AvgIpc) is 2.33. The molecule has 0 aliphatic carbocycles. The van der Waals surface area contributed by atoms with Crippen LogP contribution in [0, 0.1) is 6.92 Å². The van der Waals surface area contributed by atoms with Crippen molar-refractivity contribution in [1.29, 1.82) is 0 Å². The molecule has 2 rings (SSSR count). The van der Waals surface area contributed by atoms with Gasteiger partial charge in [-0.2, -0.15) is 4.57 Å². The van der Waals surface area contributed by atoms with Crippen LogP contribution >= 0.6 is 34.8 Å². The van der Waals surface area contributed by atoms with E-state index in [9.17, 15) is 4.79 Å². The number of aryl methyl sites for hydroxylation is 1. The van der Waals surface area contributed by atoms with Crippen LogP contribution in [0.1, 0.15) is 5.56 Å². The van der Waals surface area contributed by atoms with Gasteiger partial charge in [-0.25, -0.2) is 0 Å². The van der Waals surface area contributed by atoms with Gasteiger partial charge in [-0.15, -0.1) is 0 Å². The standard InChI is InChI=1S/C14H11Cl3N2O.ClH/c1-9-3-2-4-19(7-9)8-13(20)18-14-11(16)5-10(15)6-12(14)17;/h2-7H,8H2,1H3;1H. The van der Waals surface area contributed by atoms with E-state index in [1.807, 2.05) is 31.5 Å². The Labute approximate surface area is 144 Å². The van der Waals surface area contributed by atoms with E-state index < -0.39 is 0 Å². The molecular weight excluding hydrogens is 354 g/mol. The quantitative estimate of drug-likeness (QED) is 0.805. The first-order valence-electron chi connectivity index (χ1n) is 5.86. The molecule has 1 aromatic carbocycles. The Morgan fingerprint density at radius 1 is 1.24 bits per heavy atom. The van der Waals surface area contributed by atoms with Crippen LogP contribution in [0.15, 0.2) is 36.7 Å². The van der Waals surface area contributed by atoms with Gasteiger partial charge in [0.15, 0.2) is 12.4 Å². The van der Waals surface area contributed by atoms with E-state index in [-0.39, 0.29) is 24.9 Å². The fourth-order valence-electron chi connectivity index (χ4n) is 1.76. The van der Waals surface area contributed by atoms with Crippen LogP contribution < -0.4 is 22.3 Å². The first-order chi connectivity index (χ1) is 9.45. The molecule has 0 atom stereocenters. The molecular formula is C14H12Cl4N2O. The summed E-state index contributed by atoms with van der Waals surface area (Å²) in [7, 11) is 0. The number of rotatable bonds is 3. The van der Waals surface area contributed by atoms with Crippen molar-refractivity contribution in [3.05, 3.63) is 57.3 Å². The number of benzene rings is 1. The molecule has 112 valence electrons. The normalized spacial score (nSPS) is 9.90. The maximum absolute atomic E-state index is 12.0. The van der Waals surface area contributed by atoms with Crippen LogP contribution in [0.4, 0.5) is 5.69 Å². The van der Waals surface area contributed by atoms with Gasteiger partial charge in [0.1, 0.15) is 0 Å². The zero-order valence-corrected chi connectivity index (χ0v) is 14.1. The van der Waals surface area contributed by atoms with Gasteiger partial charge in [-0.05, 0) is 25.1 Å². The molecule has 7 heteroatoms. The molecule has 0 aliphatic heterocycles. The van der Waals surface area contributed by atoms with Gasteiger partial charge in [0.25, 0.3) is 5.91 Å². The second-order valence-corrected chi connectivity index (χ2v) is 5.60. The van der Waals surface area contributed by atoms with E-state index in [0.29, 0.717) is 20.8 Å². The van der Waals surface area contributed by atoms with E-state index in [1.165, 1.54) is 12.1 Å². The SMILES string of the molecule is Cc1ccc[n+](CC(=O)Nc2c(Cl)cc(Cl)cc2Cl)c1.[Cl-]. The Hall–Kier alpha value is -1.000. The molecule has 3 nitrogen and oxygen atoms in total. The van der Waals surface area contributed by atoms with Crippen LogP contribution in [0.25, 0.3) is 0 Å². The summed E-state index contributed by atoms with van der Waals surface area (Å²) in [5, 5.41) is 3.73. The average molecular weight is 366 g/mol. The fourth-order valence-corrected chi connectivity index (χ4v) is 2.67. The largest absolute Gasteiger partial charge is 1.00 e. The molecule has 1 heterocycles. The van der Waals surface area contributed by atoms with E-state index >= 15 is 0 Å². The first-order valence-corrected chi connectivity index (χ1v) is 6.99. The fraction of sp³-hybridized carbons (Fsp3) is 0.143. The van der Waals surface area contributed by atoms with E-state index in [4.69, 9.17) is 34.8 Å². The van der Waals surface area contributed by atoms with Crippen LogP contribution in [0.2, 0.25) is 15.1 Å². The van der Waals surface area contributed by atoms with Crippen molar-refractivity contribution in [3.8, 4) is 0 Å². The molecule has 0 saturated heterocycles. The minimum Gasteiger partial charge on any atom is -1.00 e. The van der Waals surface area contributed by atoms with Crippen molar-refractivity contribution in [2.75, 3.05) is 5.32 Å². The van der Waals surface area contributed by atoms with Gasteiger partial charge in [-0.3, -0.25) is 4.79 Å². The summed E-state index contributed by atoms with van der Waals surface area (Å²) >= 11 is 17.9. The Balaban J connectivity index is 0.00000220. The Kier molecular flexibility index (Phi) is 6.75. The predicted octanol–water partition coefficient (Wildman–Crippen LogP) is 0.885. The second kappa shape index (κ2) is 7.85. The number of carbonyl (C=O) groups excluding carboxylic acids is 1. The van der Waals surface area contributed by atoms with Crippen molar-refractivity contribution in [2.24, 2.45) is 0 Å². The Morgan fingerprint density at radius 3 is 2.43 bits per heavy atom. The molecule has 2 aromatic rings. The Morgan fingerprint density at radius 2 is 1.86 bits per heavy atom. The summed E-state index contributed by atoms with van der Waals surface area (Å²) in [4.78, 5) is 12.0. The maximum Gasteiger partial charge on any atom is 0.290 e. The summed E-state index contributed by atoms with van der Waals surface area (Å²) in [6.07, 6.45) is 3.70. The molecule has 0 fully saturated rings. The topological polar surface area (TPSA) is 33.0 Å². The van der Waals surface area contributed by atoms with Crippen LogP contribution in [-0.4, -0.2) is 5.91 Å².